The summed E-state index contributed by atoms with van der Waals surface area (Å²) in [7, 11) is 1.75. The van der Waals surface area contributed by atoms with E-state index >= 15 is 0 Å². The van der Waals surface area contributed by atoms with Crippen LogP contribution in [0.1, 0.15) is 0 Å². The van der Waals surface area contributed by atoms with Crippen molar-refractivity contribution in [1.82, 2.24) is 19.9 Å². The van der Waals surface area contributed by atoms with Crippen LogP contribution in [0.4, 0.5) is 10.2 Å². The maximum Gasteiger partial charge on any atom is 0.309 e. The lowest BCUT2D eigenvalue weighted by atomic mass is 10.2. The molecule has 2 heterocycles. The van der Waals surface area contributed by atoms with Gasteiger partial charge >= 0.3 is 6.08 Å². The molecule has 3 aromatic rings. The molecule has 0 saturated carbocycles. The zero-order chi connectivity index (χ0) is 14.7. The number of anilines is 1. The summed E-state index contributed by atoms with van der Waals surface area (Å²) in [5.41, 5.74) is 1.97. The summed E-state index contributed by atoms with van der Waals surface area (Å²) in [6.07, 6.45) is 2.22. The van der Waals surface area contributed by atoms with Gasteiger partial charge in [-0.3, -0.25) is 0 Å². The monoisotopic (exact) mass is 281 g/mol. The minimum atomic E-state index is -0.776. The Hall–Kier alpha value is -2.89. The highest BCUT2D eigenvalue weighted by molar-refractivity contribution is 5.73. The van der Waals surface area contributed by atoms with E-state index in [9.17, 15) is 4.39 Å². The molecule has 0 aliphatic heterocycles. The molecule has 21 heavy (non-hydrogen) atoms. The molecule has 0 aliphatic carbocycles. The molecule has 0 radical (unpaired) electrons. The Bertz CT molecular complexity index is 761. The fourth-order valence-electron chi connectivity index (χ4n) is 1.97. The smallest absolute Gasteiger partial charge is 0.309 e. The Kier molecular flexibility index (Phi) is 3.51. The molecule has 1 aromatic carbocycles. The van der Waals surface area contributed by atoms with Crippen molar-refractivity contribution in [3.05, 3.63) is 54.9 Å². The first-order valence-electron chi connectivity index (χ1n) is 6.37. The molecule has 0 atom stereocenters. The standard InChI is InChI=1S/C15H12FN5/c1-17-14-11(12-7-8-18-15(16)20-12)9-19-13(21-14)10-5-3-2-4-6-10/h2-9H,1H3,(H,17,19,21). The topological polar surface area (TPSA) is 63.6 Å². The lowest BCUT2D eigenvalue weighted by Gasteiger charge is -2.09. The van der Waals surface area contributed by atoms with Crippen LogP contribution < -0.4 is 5.32 Å². The van der Waals surface area contributed by atoms with E-state index in [1.807, 2.05) is 30.3 Å². The van der Waals surface area contributed by atoms with Crippen LogP contribution in [-0.4, -0.2) is 27.0 Å². The molecule has 0 amide bonds. The summed E-state index contributed by atoms with van der Waals surface area (Å²) in [6.45, 7) is 0. The summed E-state index contributed by atoms with van der Waals surface area (Å²) < 4.78 is 13.1. The van der Waals surface area contributed by atoms with Crippen molar-refractivity contribution in [2.45, 2.75) is 0 Å². The van der Waals surface area contributed by atoms with Crippen LogP contribution >= 0.6 is 0 Å². The van der Waals surface area contributed by atoms with Gasteiger partial charge in [-0.15, -0.1) is 0 Å². The molecule has 0 bridgehead atoms. The third-order valence-electron chi connectivity index (χ3n) is 2.96. The summed E-state index contributed by atoms with van der Waals surface area (Å²) in [6, 6.07) is 11.2. The lowest BCUT2D eigenvalue weighted by molar-refractivity contribution is 0.540. The molecule has 2 aromatic heterocycles. The fourth-order valence-corrected chi connectivity index (χ4v) is 1.97. The van der Waals surface area contributed by atoms with Gasteiger partial charge in [-0.25, -0.2) is 19.9 Å². The first-order chi connectivity index (χ1) is 10.3. The van der Waals surface area contributed by atoms with E-state index in [-0.39, 0.29) is 0 Å². The zero-order valence-corrected chi connectivity index (χ0v) is 11.3. The summed E-state index contributed by atoms with van der Waals surface area (Å²) >= 11 is 0. The highest BCUT2D eigenvalue weighted by Gasteiger charge is 2.11. The largest absolute Gasteiger partial charge is 0.372 e. The third kappa shape index (κ3) is 2.69. The first-order valence-corrected chi connectivity index (χ1v) is 6.37. The van der Waals surface area contributed by atoms with Gasteiger partial charge in [0.1, 0.15) is 5.82 Å². The minimum absolute atomic E-state index is 0.437. The van der Waals surface area contributed by atoms with Crippen LogP contribution in [0.15, 0.2) is 48.8 Å². The average Bonchev–Trinajstić information content (AvgIpc) is 2.55. The number of halogens is 1. The van der Waals surface area contributed by atoms with Crippen LogP contribution in [0.2, 0.25) is 0 Å². The second-order valence-electron chi connectivity index (χ2n) is 4.28. The van der Waals surface area contributed by atoms with Gasteiger partial charge in [0.25, 0.3) is 0 Å². The number of aromatic nitrogens is 4. The van der Waals surface area contributed by atoms with E-state index in [4.69, 9.17) is 0 Å². The SMILES string of the molecule is CNc1nc(-c2ccccc2)ncc1-c1ccnc(F)n1. The van der Waals surface area contributed by atoms with Gasteiger partial charge in [-0.05, 0) is 6.07 Å². The number of rotatable bonds is 3. The van der Waals surface area contributed by atoms with E-state index in [2.05, 4.69) is 25.3 Å². The Morgan fingerprint density at radius 2 is 1.81 bits per heavy atom. The Morgan fingerprint density at radius 3 is 2.52 bits per heavy atom. The van der Waals surface area contributed by atoms with E-state index in [1.165, 1.54) is 6.20 Å². The second kappa shape index (κ2) is 5.62. The lowest BCUT2D eigenvalue weighted by Crippen LogP contribution is -2.01. The number of hydrogen-bond acceptors (Lipinski definition) is 5. The number of hydrogen-bond donors (Lipinski definition) is 1. The maximum absolute atomic E-state index is 13.1. The van der Waals surface area contributed by atoms with Gasteiger partial charge < -0.3 is 5.32 Å². The van der Waals surface area contributed by atoms with E-state index in [0.29, 0.717) is 22.9 Å². The molecule has 0 spiro atoms. The molecule has 0 aliphatic rings. The van der Waals surface area contributed by atoms with Crippen molar-refractivity contribution in [2.24, 2.45) is 0 Å². The molecule has 0 saturated heterocycles. The van der Waals surface area contributed by atoms with E-state index in [0.717, 1.165) is 5.56 Å². The van der Waals surface area contributed by atoms with Gasteiger partial charge in [-0.1, -0.05) is 30.3 Å². The van der Waals surface area contributed by atoms with Crippen molar-refractivity contribution in [3.8, 4) is 22.6 Å². The Labute approximate surface area is 121 Å². The average molecular weight is 281 g/mol. The van der Waals surface area contributed by atoms with Gasteiger partial charge in [0.05, 0.1) is 11.3 Å². The fraction of sp³-hybridized carbons (Fsp3) is 0.0667. The quantitative estimate of drug-likeness (QED) is 0.748. The van der Waals surface area contributed by atoms with Crippen molar-refractivity contribution in [1.29, 1.82) is 0 Å². The molecular weight excluding hydrogens is 269 g/mol. The molecule has 104 valence electrons. The molecule has 5 nitrogen and oxygen atoms in total. The molecule has 3 rings (SSSR count). The van der Waals surface area contributed by atoms with Crippen molar-refractivity contribution < 1.29 is 4.39 Å². The maximum atomic E-state index is 13.1. The predicted molar refractivity (Wildman–Crippen MR) is 78.0 cm³/mol. The number of nitrogens with one attached hydrogen (secondary N) is 1. The predicted octanol–water partition coefficient (Wildman–Crippen LogP) is 2.78. The third-order valence-corrected chi connectivity index (χ3v) is 2.96. The van der Waals surface area contributed by atoms with E-state index < -0.39 is 6.08 Å². The van der Waals surface area contributed by atoms with Crippen molar-refractivity contribution >= 4 is 5.82 Å². The molecule has 0 fully saturated rings. The highest BCUT2D eigenvalue weighted by Crippen LogP contribution is 2.26. The van der Waals surface area contributed by atoms with Crippen LogP contribution in [0.3, 0.4) is 0 Å². The first kappa shape index (κ1) is 13.1. The number of benzene rings is 1. The van der Waals surface area contributed by atoms with E-state index in [1.54, 1.807) is 19.3 Å². The summed E-state index contributed by atoms with van der Waals surface area (Å²) in [4.78, 5) is 16.0. The van der Waals surface area contributed by atoms with Crippen LogP contribution in [0.5, 0.6) is 0 Å². The number of nitrogens with zero attached hydrogens (tertiary/aromatic N) is 4. The molecule has 6 heteroatoms. The van der Waals surface area contributed by atoms with Crippen molar-refractivity contribution in [2.75, 3.05) is 12.4 Å². The summed E-state index contributed by atoms with van der Waals surface area (Å²) in [5.74, 6) is 1.18. The zero-order valence-electron chi connectivity index (χ0n) is 11.3. The normalized spacial score (nSPS) is 10.4. The van der Waals surface area contributed by atoms with Gasteiger partial charge in [0.15, 0.2) is 5.82 Å². The molecule has 0 unspecified atom stereocenters. The van der Waals surface area contributed by atoms with Crippen LogP contribution in [0, 0.1) is 6.08 Å². The molecular formula is C15H12FN5. The van der Waals surface area contributed by atoms with Gasteiger partial charge in [-0.2, -0.15) is 4.39 Å². The minimum Gasteiger partial charge on any atom is -0.372 e. The van der Waals surface area contributed by atoms with Gasteiger partial charge in [0, 0.05) is 25.0 Å². The van der Waals surface area contributed by atoms with Crippen molar-refractivity contribution in [3.63, 3.8) is 0 Å². The summed E-state index contributed by atoms with van der Waals surface area (Å²) in [5, 5.41) is 2.99. The Balaban J connectivity index is 2.08. The highest BCUT2D eigenvalue weighted by atomic mass is 19.1. The molecule has 1 N–H and O–H groups in total. The van der Waals surface area contributed by atoms with Gasteiger partial charge in [0.2, 0.25) is 0 Å². The second-order valence-corrected chi connectivity index (χ2v) is 4.28. The van der Waals surface area contributed by atoms with Crippen LogP contribution in [0.25, 0.3) is 22.6 Å². The Morgan fingerprint density at radius 1 is 1.00 bits per heavy atom. The van der Waals surface area contributed by atoms with Crippen LogP contribution in [-0.2, 0) is 0 Å².